The van der Waals surface area contributed by atoms with E-state index in [0.29, 0.717) is 18.7 Å². The Morgan fingerprint density at radius 2 is 2.12 bits per heavy atom. The SMILES string of the molecule is C=CCNc1ccccc1C(=O)N(C)Cc1nc2ccc(C)cc2[nH]1. The van der Waals surface area contributed by atoms with Crippen molar-refractivity contribution in [3.05, 3.63) is 72.1 Å². The van der Waals surface area contributed by atoms with Gasteiger partial charge in [0.2, 0.25) is 0 Å². The number of nitrogens with one attached hydrogen (secondary N) is 2. The maximum atomic E-state index is 12.8. The van der Waals surface area contributed by atoms with Gasteiger partial charge in [0.05, 0.1) is 23.1 Å². The van der Waals surface area contributed by atoms with Crippen LogP contribution in [0.2, 0.25) is 0 Å². The van der Waals surface area contributed by atoms with E-state index in [1.54, 1.807) is 18.0 Å². The number of H-pyrrole nitrogens is 1. The zero-order valence-electron chi connectivity index (χ0n) is 14.5. The molecule has 3 rings (SSSR count). The lowest BCUT2D eigenvalue weighted by Crippen LogP contribution is -2.27. The first-order chi connectivity index (χ1) is 12.1. The summed E-state index contributed by atoms with van der Waals surface area (Å²) in [5.41, 5.74) is 4.52. The van der Waals surface area contributed by atoms with Crippen molar-refractivity contribution in [1.82, 2.24) is 14.9 Å². The van der Waals surface area contributed by atoms with Crippen molar-refractivity contribution < 1.29 is 4.79 Å². The number of nitrogens with zero attached hydrogens (tertiary/aromatic N) is 2. The predicted octanol–water partition coefficient (Wildman–Crippen LogP) is 3.74. The highest BCUT2D eigenvalue weighted by atomic mass is 16.2. The highest BCUT2D eigenvalue weighted by Gasteiger charge is 2.17. The Balaban J connectivity index is 1.79. The van der Waals surface area contributed by atoms with Gasteiger partial charge in [-0.05, 0) is 36.8 Å². The van der Waals surface area contributed by atoms with Gasteiger partial charge in [-0.25, -0.2) is 4.98 Å². The Hall–Kier alpha value is -3.08. The predicted molar refractivity (Wildman–Crippen MR) is 102 cm³/mol. The smallest absolute Gasteiger partial charge is 0.256 e. The van der Waals surface area contributed by atoms with Crippen molar-refractivity contribution in [1.29, 1.82) is 0 Å². The van der Waals surface area contributed by atoms with Gasteiger partial charge >= 0.3 is 0 Å². The molecule has 0 bridgehead atoms. The molecule has 128 valence electrons. The molecule has 1 heterocycles. The molecule has 0 saturated heterocycles. The minimum Gasteiger partial charge on any atom is -0.381 e. The summed E-state index contributed by atoms with van der Waals surface area (Å²) in [4.78, 5) is 22.3. The molecule has 5 nitrogen and oxygen atoms in total. The Morgan fingerprint density at radius 3 is 2.92 bits per heavy atom. The molecule has 3 aromatic rings. The summed E-state index contributed by atoms with van der Waals surface area (Å²) in [7, 11) is 1.78. The van der Waals surface area contributed by atoms with E-state index in [-0.39, 0.29) is 5.91 Å². The fourth-order valence-corrected chi connectivity index (χ4v) is 2.76. The quantitative estimate of drug-likeness (QED) is 0.675. The summed E-state index contributed by atoms with van der Waals surface area (Å²) >= 11 is 0. The first-order valence-electron chi connectivity index (χ1n) is 8.23. The zero-order valence-corrected chi connectivity index (χ0v) is 14.5. The molecule has 0 radical (unpaired) electrons. The molecule has 0 atom stereocenters. The van der Waals surface area contributed by atoms with Gasteiger partial charge in [-0.2, -0.15) is 0 Å². The standard InChI is InChI=1S/C20H22N4O/c1-4-11-21-16-8-6-5-7-15(16)20(25)24(3)13-19-22-17-10-9-14(2)12-18(17)23-19/h4-10,12,21H,1,11,13H2,2-3H3,(H,22,23). The fraction of sp³-hybridized carbons (Fsp3) is 0.200. The third-order valence-corrected chi connectivity index (χ3v) is 4.01. The number of fused-ring (bicyclic) bond motifs is 1. The number of amides is 1. The monoisotopic (exact) mass is 334 g/mol. The van der Waals surface area contributed by atoms with E-state index in [1.165, 1.54) is 5.56 Å². The van der Waals surface area contributed by atoms with Crippen LogP contribution < -0.4 is 5.32 Å². The van der Waals surface area contributed by atoms with E-state index in [0.717, 1.165) is 22.5 Å². The second kappa shape index (κ2) is 7.21. The molecule has 0 saturated carbocycles. The van der Waals surface area contributed by atoms with Crippen molar-refractivity contribution in [3.63, 3.8) is 0 Å². The third kappa shape index (κ3) is 3.71. The van der Waals surface area contributed by atoms with Crippen molar-refractivity contribution in [2.24, 2.45) is 0 Å². The molecule has 25 heavy (non-hydrogen) atoms. The van der Waals surface area contributed by atoms with Crippen LogP contribution in [0.25, 0.3) is 11.0 Å². The van der Waals surface area contributed by atoms with Crippen LogP contribution in [0.15, 0.2) is 55.1 Å². The van der Waals surface area contributed by atoms with Crippen molar-refractivity contribution in [2.75, 3.05) is 18.9 Å². The molecule has 0 spiro atoms. The van der Waals surface area contributed by atoms with E-state index in [9.17, 15) is 4.79 Å². The van der Waals surface area contributed by atoms with Crippen LogP contribution in [0.3, 0.4) is 0 Å². The van der Waals surface area contributed by atoms with Crippen molar-refractivity contribution in [3.8, 4) is 0 Å². The zero-order chi connectivity index (χ0) is 17.8. The van der Waals surface area contributed by atoms with Gasteiger partial charge in [0.15, 0.2) is 0 Å². The van der Waals surface area contributed by atoms with Crippen LogP contribution in [0, 0.1) is 6.92 Å². The number of hydrogen-bond donors (Lipinski definition) is 2. The molecule has 0 unspecified atom stereocenters. The summed E-state index contributed by atoms with van der Waals surface area (Å²) in [6.07, 6.45) is 1.77. The average Bonchev–Trinajstić information content (AvgIpc) is 3.00. The Morgan fingerprint density at radius 1 is 1.32 bits per heavy atom. The molecule has 0 aliphatic carbocycles. The summed E-state index contributed by atoms with van der Waals surface area (Å²) < 4.78 is 0. The van der Waals surface area contributed by atoms with E-state index < -0.39 is 0 Å². The highest BCUT2D eigenvalue weighted by Crippen LogP contribution is 2.18. The van der Waals surface area contributed by atoms with Crippen molar-refractivity contribution >= 4 is 22.6 Å². The van der Waals surface area contributed by atoms with Crippen LogP contribution in [-0.4, -0.2) is 34.4 Å². The maximum absolute atomic E-state index is 12.8. The second-order valence-electron chi connectivity index (χ2n) is 6.08. The van der Waals surface area contributed by atoms with Crippen LogP contribution in [-0.2, 0) is 6.54 Å². The van der Waals surface area contributed by atoms with Gasteiger partial charge in [0.25, 0.3) is 5.91 Å². The Kier molecular flexibility index (Phi) is 4.84. The van der Waals surface area contributed by atoms with Gasteiger partial charge in [0.1, 0.15) is 5.82 Å². The minimum atomic E-state index is -0.0520. The topological polar surface area (TPSA) is 61.0 Å². The number of carbonyl (C=O) groups excluding carboxylic acids is 1. The number of para-hydroxylation sites is 1. The van der Waals surface area contributed by atoms with Crippen LogP contribution in [0.5, 0.6) is 0 Å². The molecule has 2 aromatic carbocycles. The first-order valence-corrected chi connectivity index (χ1v) is 8.23. The largest absolute Gasteiger partial charge is 0.381 e. The summed E-state index contributed by atoms with van der Waals surface area (Å²) in [5.74, 6) is 0.719. The second-order valence-corrected chi connectivity index (χ2v) is 6.08. The molecule has 0 fully saturated rings. The molecule has 1 amide bonds. The summed E-state index contributed by atoms with van der Waals surface area (Å²) in [6.45, 7) is 6.77. The van der Waals surface area contributed by atoms with Gasteiger partial charge in [-0.15, -0.1) is 6.58 Å². The maximum Gasteiger partial charge on any atom is 0.256 e. The van der Waals surface area contributed by atoms with Gasteiger partial charge in [0, 0.05) is 19.3 Å². The van der Waals surface area contributed by atoms with Gasteiger partial charge in [-0.3, -0.25) is 4.79 Å². The van der Waals surface area contributed by atoms with E-state index in [2.05, 4.69) is 27.9 Å². The van der Waals surface area contributed by atoms with Gasteiger partial charge in [-0.1, -0.05) is 24.3 Å². The van der Waals surface area contributed by atoms with Crippen LogP contribution in [0.4, 0.5) is 5.69 Å². The molecular weight excluding hydrogens is 312 g/mol. The molecule has 1 aromatic heterocycles. The van der Waals surface area contributed by atoms with E-state index in [1.807, 2.05) is 43.3 Å². The number of benzene rings is 2. The average molecular weight is 334 g/mol. The molecule has 0 aliphatic heterocycles. The number of aromatic amines is 1. The fourth-order valence-electron chi connectivity index (χ4n) is 2.76. The van der Waals surface area contributed by atoms with Crippen LogP contribution >= 0.6 is 0 Å². The highest BCUT2D eigenvalue weighted by molar-refractivity contribution is 5.99. The summed E-state index contributed by atoms with van der Waals surface area (Å²) in [5, 5.41) is 3.20. The number of imidazole rings is 1. The number of rotatable bonds is 6. The van der Waals surface area contributed by atoms with E-state index >= 15 is 0 Å². The number of aryl methyl sites for hydroxylation is 1. The first kappa shape index (κ1) is 16.8. The minimum absolute atomic E-state index is 0.0520. The number of aromatic nitrogens is 2. The third-order valence-electron chi connectivity index (χ3n) is 4.01. The Bertz CT molecular complexity index is 913. The molecule has 2 N–H and O–H groups in total. The molecule has 5 heteroatoms. The summed E-state index contributed by atoms with van der Waals surface area (Å²) in [6, 6.07) is 13.6. The van der Waals surface area contributed by atoms with E-state index in [4.69, 9.17) is 0 Å². The normalized spacial score (nSPS) is 10.6. The van der Waals surface area contributed by atoms with Crippen LogP contribution in [0.1, 0.15) is 21.7 Å². The van der Waals surface area contributed by atoms with Crippen molar-refractivity contribution in [2.45, 2.75) is 13.5 Å². The number of carbonyl (C=O) groups is 1. The molecule has 0 aliphatic rings. The lowest BCUT2D eigenvalue weighted by Gasteiger charge is -2.18. The number of hydrogen-bond acceptors (Lipinski definition) is 3. The number of anilines is 1. The van der Waals surface area contributed by atoms with Gasteiger partial charge < -0.3 is 15.2 Å². The lowest BCUT2D eigenvalue weighted by atomic mass is 10.1. The molecular formula is C20H22N4O. The lowest BCUT2D eigenvalue weighted by molar-refractivity contribution is 0.0783. The Labute approximate surface area is 147 Å².